The Balaban J connectivity index is 2.15. The van der Waals surface area contributed by atoms with E-state index in [0.717, 1.165) is 36.4 Å². The van der Waals surface area contributed by atoms with Crippen LogP contribution in [0.3, 0.4) is 0 Å². The molecule has 2 aromatic rings. The summed E-state index contributed by atoms with van der Waals surface area (Å²) in [5.41, 5.74) is 2.31. The first-order valence-corrected chi connectivity index (χ1v) is 6.92. The van der Waals surface area contributed by atoms with Crippen molar-refractivity contribution in [3.63, 3.8) is 0 Å². The van der Waals surface area contributed by atoms with Gasteiger partial charge < -0.3 is 9.64 Å². The van der Waals surface area contributed by atoms with Crippen molar-refractivity contribution in [2.75, 3.05) is 18.1 Å². The third-order valence-electron chi connectivity index (χ3n) is 3.38. The third kappa shape index (κ3) is 2.25. The van der Waals surface area contributed by atoms with E-state index in [9.17, 15) is 4.79 Å². The Hall–Kier alpha value is -2.00. The molecule has 2 aromatic carbocycles. The SMILES string of the molecule is O=Cc1c(Cl)cccc1N1CCCOc2ccccc21. The molecule has 1 aliphatic heterocycles. The van der Waals surface area contributed by atoms with E-state index in [1.165, 1.54) is 0 Å². The van der Waals surface area contributed by atoms with Crippen molar-refractivity contribution in [3.8, 4) is 5.75 Å². The number of carbonyl (C=O) groups is 1. The molecule has 3 rings (SSSR count). The third-order valence-corrected chi connectivity index (χ3v) is 3.71. The second-order valence-electron chi connectivity index (χ2n) is 4.61. The van der Waals surface area contributed by atoms with Crippen LogP contribution in [0.15, 0.2) is 42.5 Å². The number of hydrogen-bond donors (Lipinski definition) is 0. The van der Waals surface area contributed by atoms with Gasteiger partial charge in [-0.3, -0.25) is 4.79 Å². The number of ether oxygens (including phenoxy) is 1. The van der Waals surface area contributed by atoms with E-state index in [-0.39, 0.29) is 0 Å². The second-order valence-corrected chi connectivity index (χ2v) is 5.02. The van der Waals surface area contributed by atoms with Crippen molar-refractivity contribution >= 4 is 29.3 Å². The largest absolute Gasteiger partial charge is 0.491 e. The standard InChI is InChI=1S/C16H14ClNO2/c17-13-5-3-7-14(12(13)11-19)18-9-4-10-20-16-8-2-1-6-15(16)18/h1-3,5-8,11H,4,9-10H2. The van der Waals surface area contributed by atoms with Crippen LogP contribution in [-0.2, 0) is 0 Å². The molecule has 0 radical (unpaired) electrons. The van der Waals surface area contributed by atoms with Crippen LogP contribution in [0.25, 0.3) is 0 Å². The summed E-state index contributed by atoms with van der Waals surface area (Å²) < 4.78 is 5.74. The summed E-state index contributed by atoms with van der Waals surface area (Å²) in [5.74, 6) is 0.835. The maximum atomic E-state index is 11.3. The van der Waals surface area contributed by atoms with E-state index in [2.05, 4.69) is 4.90 Å². The molecule has 0 bridgehead atoms. The van der Waals surface area contributed by atoms with Gasteiger partial charge in [-0.1, -0.05) is 29.8 Å². The van der Waals surface area contributed by atoms with Crippen LogP contribution in [0.4, 0.5) is 11.4 Å². The summed E-state index contributed by atoms with van der Waals surface area (Å²) in [5, 5.41) is 0.472. The number of anilines is 2. The van der Waals surface area contributed by atoms with Gasteiger partial charge in [0.25, 0.3) is 0 Å². The zero-order valence-electron chi connectivity index (χ0n) is 10.9. The van der Waals surface area contributed by atoms with Crippen molar-refractivity contribution in [1.29, 1.82) is 0 Å². The Labute approximate surface area is 122 Å². The van der Waals surface area contributed by atoms with Gasteiger partial charge in [-0.15, -0.1) is 0 Å². The minimum absolute atomic E-state index is 0.472. The van der Waals surface area contributed by atoms with Gasteiger partial charge in [0.05, 0.1) is 28.6 Å². The van der Waals surface area contributed by atoms with E-state index in [1.807, 2.05) is 36.4 Å². The molecule has 0 saturated heterocycles. The van der Waals surface area contributed by atoms with Gasteiger partial charge in [-0.05, 0) is 30.7 Å². The summed E-state index contributed by atoms with van der Waals surface area (Å²) in [6.07, 6.45) is 1.70. The predicted molar refractivity (Wildman–Crippen MR) is 80.4 cm³/mol. The average molecular weight is 288 g/mol. The molecule has 0 spiro atoms. The molecule has 0 saturated carbocycles. The number of aldehydes is 1. The fourth-order valence-electron chi connectivity index (χ4n) is 2.46. The summed E-state index contributed by atoms with van der Waals surface area (Å²) in [7, 11) is 0. The van der Waals surface area contributed by atoms with E-state index >= 15 is 0 Å². The maximum absolute atomic E-state index is 11.3. The number of para-hydroxylation sites is 2. The van der Waals surface area contributed by atoms with Crippen molar-refractivity contribution in [2.45, 2.75) is 6.42 Å². The van der Waals surface area contributed by atoms with Gasteiger partial charge in [0.1, 0.15) is 5.75 Å². The first kappa shape index (κ1) is 13.0. The molecule has 0 aliphatic carbocycles. The Morgan fingerprint density at radius 2 is 1.90 bits per heavy atom. The lowest BCUT2D eigenvalue weighted by Crippen LogP contribution is -2.19. The number of fused-ring (bicyclic) bond motifs is 1. The lowest BCUT2D eigenvalue weighted by atomic mass is 10.1. The van der Waals surface area contributed by atoms with Gasteiger partial charge >= 0.3 is 0 Å². The fraction of sp³-hybridized carbons (Fsp3) is 0.188. The smallest absolute Gasteiger partial charge is 0.153 e. The zero-order chi connectivity index (χ0) is 13.9. The fourth-order valence-corrected chi connectivity index (χ4v) is 2.67. The minimum atomic E-state index is 0.472. The van der Waals surface area contributed by atoms with Crippen LogP contribution < -0.4 is 9.64 Å². The monoisotopic (exact) mass is 287 g/mol. The topological polar surface area (TPSA) is 29.5 Å². The van der Waals surface area contributed by atoms with Crippen molar-refractivity contribution in [2.24, 2.45) is 0 Å². The molecule has 0 atom stereocenters. The first-order valence-electron chi connectivity index (χ1n) is 6.54. The van der Waals surface area contributed by atoms with Crippen LogP contribution in [0.1, 0.15) is 16.8 Å². The molecular formula is C16H14ClNO2. The van der Waals surface area contributed by atoms with E-state index in [1.54, 1.807) is 6.07 Å². The van der Waals surface area contributed by atoms with Crippen molar-refractivity contribution < 1.29 is 9.53 Å². The molecule has 1 heterocycles. The van der Waals surface area contributed by atoms with Crippen LogP contribution in [0.5, 0.6) is 5.75 Å². The molecule has 0 N–H and O–H groups in total. The number of carbonyl (C=O) groups excluding carboxylic acids is 1. The lowest BCUT2D eigenvalue weighted by Gasteiger charge is -2.25. The van der Waals surface area contributed by atoms with Crippen LogP contribution in [0.2, 0.25) is 5.02 Å². The number of hydrogen-bond acceptors (Lipinski definition) is 3. The number of benzene rings is 2. The summed E-state index contributed by atoms with van der Waals surface area (Å²) in [6, 6.07) is 13.4. The molecule has 20 heavy (non-hydrogen) atoms. The highest BCUT2D eigenvalue weighted by Gasteiger charge is 2.20. The summed E-state index contributed by atoms with van der Waals surface area (Å²) in [6.45, 7) is 1.46. The average Bonchev–Trinajstić information content (AvgIpc) is 2.69. The van der Waals surface area contributed by atoms with Crippen molar-refractivity contribution in [3.05, 3.63) is 53.1 Å². The molecule has 0 unspecified atom stereocenters. The van der Waals surface area contributed by atoms with Crippen LogP contribution in [-0.4, -0.2) is 19.4 Å². The van der Waals surface area contributed by atoms with E-state index in [0.29, 0.717) is 17.2 Å². The Kier molecular flexibility index (Phi) is 3.61. The maximum Gasteiger partial charge on any atom is 0.153 e. The van der Waals surface area contributed by atoms with Crippen molar-refractivity contribution in [1.82, 2.24) is 0 Å². The first-order chi connectivity index (χ1) is 9.81. The molecule has 0 aromatic heterocycles. The van der Waals surface area contributed by atoms with E-state index < -0.39 is 0 Å². The van der Waals surface area contributed by atoms with E-state index in [4.69, 9.17) is 16.3 Å². The Morgan fingerprint density at radius 3 is 2.75 bits per heavy atom. The highest BCUT2D eigenvalue weighted by molar-refractivity contribution is 6.33. The van der Waals surface area contributed by atoms with Crippen LogP contribution in [0, 0.1) is 0 Å². The molecule has 1 aliphatic rings. The van der Waals surface area contributed by atoms with Gasteiger partial charge in [0.2, 0.25) is 0 Å². The Bertz CT molecular complexity index is 642. The normalized spacial score (nSPS) is 14.2. The molecule has 4 heteroatoms. The number of halogens is 1. The summed E-state index contributed by atoms with van der Waals surface area (Å²) in [4.78, 5) is 13.4. The molecule has 0 amide bonds. The second kappa shape index (κ2) is 5.55. The molecule has 102 valence electrons. The van der Waals surface area contributed by atoms with Gasteiger partial charge in [-0.2, -0.15) is 0 Å². The highest BCUT2D eigenvalue weighted by atomic mass is 35.5. The predicted octanol–water partition coefficient (Wildman–Crippen LogP) is 4.07. The number of nitrogens with zero attached hydrogens (tertiary/aromatic N) is 1. The minimum Gasteiger partial charge on any atom is -0.491 e. The molecule has 3 nitrogen and oxygen atoms in total. The summed E-state index contributed by atoms with van der Waals surface area (Å²) >= 11 is 6.13. The molecule has 0 fully saturated rings. The quantitative estimate of drug-likeness (QED) is 0.780. The van der Waals surface area contributed by atoms with Gasteiger partial charge in [0, 0.05) is 6.54 Å². The van der Waals surface area contributed by atoms with Gasteiger partial charge in [0.15, 0.2) is 6.29 Å². The molecular weight excluding hydrogens is 274 g/mol. The lowest BCUT2D eigenvalue weighted by molar-refractivity contribution is 0.112. The zero-order valence-corrected chi connectivity index (χ0v) is 11.6. The van der Waals surface area contributed by atoms with Crippen LogP contribution >= 0.6 is 11.6 Å². The Morgan fingerprint density at radius 1 is 1.10 bits per heavy atom. The number of rotatable bonds is 2. The highest BCUT2D eigenvalue weighted by Crippen LogP contribution is 2.38. The van der Waals surface area contributed by atoms with Gasteiger partial charge in [-0.25, -0.2) is 0 Å².